The molecule has 0 aromatic heterocycles. The third-order valence-electron chi connectivity index (χ3n) is 2.89. The van der Waals surface area contributed by atoms with Crippen molar-refractivity contribution in [3.63, 3.8) is 0 Å². The van der Waals surface area contributed by atoms with E-state index in [2.05, 4.69) is 44.6 Å². The maximum atomic E-state index is 13.2. The van der Waals surface area contributed by atoms with Crippen LogP contribution in [-0.2, 0) is 0 Å². The first-order chi connectivity index (χ1) is 9.02. The van der Waals surface area contributed by atoms with E-state index < -0.39 is 0 Å². The Morgan fingerprint density at radius 3 is 2.53 bits per heavy atom. The van der Waals surface area contributed by atoms with Crippen molar-refractivity contribution in [3.8, 4) is 5.75 Å². The summed E-state index contributed by atoms with van der Waals surface area (Å²) in [6.07, 6.45) is 0. The van der Waals surface area contributed by atoms with Crippen molar-refractivity contribution in [2.45, 2.75) is 11.8 Å². The summed E-state index contributed by atoms with van der Waals surface area (Å²) in [5.74, 6) is 0.608. The molecule has 0 spiro atoms. The smallest absolute Gasteiger partial charge is 0.124 e. The van der Waals surface area contributed by atoms with Crippen LogP contribution < -0.4 is 4.74 Å². The second kappa shape index (κ2) is 6.22. The Hall–Kier alpha value is -0.620. The lowest BCUT2D eigenvalue weighted by atomic mass is 10.0. The number of aryl methyl sites for hydroxylation is 1. The van der Waals surface area contributed by atoms with Crippen LogP contribution in [0.2, 0.25) is 0 Å². The number of ether oxygens (including phenoxy) is 1. The van der Waals surface area contributed by atoms with Crippen LogP contribution in [0, 0.1) is 16.3 Å². The van der Waals surface area contributed by atoms with Crippen molar-refractivity contribution in [3.05, 3.63) is 62.5 Å². The highest BCUT2D eigenvalue weighted by Gasteiger charge is 2.18. The van der Waals surface area contributed by atoms with E-state index in [1.54, 1.807) is 13.2 Å². The summed E-state index contributed by atoms with van der Waals surface area (Å²) in [4.78, 5) is -0.0187. The van der Waals surface area contributed by atoms with Gasteiger partial charge in [0.15, 0.2) is 0 Å². The number of methoxy groups -OCH3 is 1. The predicted molar refractivity (Wildman–Crippen MR) is 87.6 cm³/mol. The summed E-state index contributed by atoms with van der Waals surface area (Å²) in [6.45, 7) is 2.04. The van der Waals surface area contributed by atoms with Gasteiger partial charge >= 0.3 is 0 Å². The van der Waals surface area contributed by atoms with Gasteiger partial charge in [-0.15, -0.1) is 0 Å². The molecule has 1 atom stereocenters. The van der Waals surface area contributed by atoms with Gasteiger partial charge in [-0.1, -0.05) is 39.7 Å². The molecule has 0 aliphatic carbocycles. The van der Waals surface area contributed by atoms with Crippen molar-refractivity contribution in [2.75, 3.05) is 7.11 Å². The lowest BCUT2D eigenvalue weighted by Crippen LogP contribution is -2.00. The van der Waals surface area contributed by atoms with E-state index in [1.807, 2.05) is 19.1 Å². The molecular weight excluding hydrogens is 422 g/mol. The molecule has 0 saturated carbocycles. The molecule has 2 rings (SSSR count). The highest BCUT2D eigenvalue weighted by atomic mass is 127. The lowest BCUT2D eigenvalue weighted by Gasteiger charge is -2.17. The van der Waals surface area contributed by atoms with Crippen molar-refractivity contribution in [2.24, 2.45) is 0 Å². The van der Waals surface area contributed by atoms with E-state index in [9.17, 15) is 4.39 Å². The third kappa shape index (κ3) is 3.28. The molecule has 100 valence electrons. The molecule has 2 aromatic rings. The fourth-order valence-corrected chi connectivity index (χ4v) is 3.90. The van der Waals surface area contributed by atoms with Crippen molar-refractivity contribution in [1.29, 1.82) is 0 Å². The molecule has 0 saturated heterocycles. The Kier molecular flexibility index (Phi) is 4.84. The van der Waals surface area contributed by atoms with Gasteiger partial charge in [0.2, 0.25) is 0 Å². The van der Waals surface area contributed by atoms with Gasteiger partial charge in [-0.05, 0) is 53.3 Å². The van der Waals surface area contributed by atoms with E-state index in [0.29, 0.717) is 0 Å². The van der Waals surface area contributed by atoms with Gasteiger partial charge in [0.25, 0.3) is 0 Å². The zero-order valence-corrected chi connectivity index (χ0v) is 14.3. The minimum Gasteiger partial charge on any atom is -0.496 e. The summed E-state index contributed by atoms with van der Waals surface area (Å²) in [5.41, 5.74) is 3.25. The topological polar surface area (TPSA) is 9.23 Å². The minimum absolute atomic E-state index is 0.0187. The van der Waals surface area contributed by atoms with Crippen LogP contribution in [0.5, 0.6) is 5.75 Å². The van der Waals surface area contributed by atoms with Crippen LogP contribution >= 0.6 is 38.5 Å². The maximum absolute atomic E-state index is 13.2. The summed E-state index contributed by atoms with van der Waals surface area (Å²) in [6, 6.07) is 10.9. The quantitative estimate of drug-likeness (QED) is 0.474. The molecule has 1 unspecified atom stereocenters. The van der Waals surface area contributed by atoms with Crippen LogP contribution in [0.3, 0.4) is 0 Å². The van der Waals surface area contributed by atoms with E-state index in [0.717, 1.165) is 26.0 Å². The van der Waals surface area contributed by atoms with E-state index in [1.165, 1.54) is 12.1 Å². The summed E-state index contributed by atoms with van der Waals surface area (Å²) >= 11 is 5.84. The molecule has 1 nitrogen and oxygen atoms in total. The second-order valence-corrected chi connectivity index (χ2v) is 6.35. The van der Waals surface area contributed by atoms with E-state index in [-0.39, 0.29) is 10.6 Å². The normalized spacial score (nSPS) is 12.3. The fourth-order valence-electron chi connectivity index (χ4n) is 1.93. The van der Waals surface area contributed by atoms with Gasteiger partial charge in [-0.3, -0.25) is 0 Å². The zero-order chi connectivity index (χ0) is 14.0. The number of rotatable bonds is 3. The number of hydrogen-bond acceptors (Lipinski definition) is 1. The maximum Gasteiger partial charge on any atom is 0.124 e. The number of alkyl halides is 1. The first-order valence-corrected chi connectivity index (χ1v) is 7.76. The minimum atomic E-state index is -0.218. The molecule has 0 bridgehead atoms. The SMILES string of the molecule is COc1ccc(C)cc1C(Br)c1ccc(F)cc1I. The Labute approximate surface area is 134 Å². The molecule has 19 heavy (non-hydrogen) atoms. The summed E-state index contributed by atoms with van der Waals surface area (Å²) < 4.78 is 19.5. The Morgan fingerprint density at radius 1 is 1.16 bits per heavy atom. The fraction of sp³-hybridized carbons (Fsp3) is 0.200. The zero-order valence-electron chi connectivity index (χ0n) is 10.6. The van der Waals surface area contributed by atoms with Gasteiger partial charge in [0.1, 0.15) is 11.6 Å². The summed E-state index contributed by atoms with van der Waals surface area (Å²) in [7, 11) is 1.66. The van der Waals surface area contributed by atoms with Gasteiger partial charge in [-0.2, -0.15) is 0 Å². The molecule has 2 aromatic carbocycles. The molecular formula is C15H13BrFIO. The first-order valence-electron chi connectivity index (χ1n) is 5.76. The van der Waals surface area contributed by atoms with Crippen molar-refractivity contribution < 1.29 is 9.13 Å². The van der Waals surface area contributed by atoms with Crippen molar-refractivity contribution >= 4 is 38.5 Å². The first kappa shape index (κ1) is 14.8. The Morgan fingerprint density at radius 2 is 1.89 bits per heavy atom. The van der Waals surface area contributed by atoms with E-state index in [4.69, 9.17) is 4.74 Å². The van der Waals surface area contributed by atoms with Crippen molar-refractivity contribution in [1.82, 2.24) is 0 Å². The predicted octanol–water partition coefficient (Wildman–Crippen LogP) is 5.23. The Bertz CT molecular complexity index is 601. The largest absolute Gasteiger partial charge is 0.496 e. The average molecular weight is 435 g/mol. The number of halogens is 3. The van der Waals surface area contributed by atoms with Crippen LogP contribution in [-0.4, -0.2) is 7.11 Å². The standard InChI is InChI=1S/C15H13BrFIO/c1-9-3-6-14(19-2)12(7-9)15(16)11-5-4-10(17)8-13(11)18/h3-8,15H,1-2H3. The van der Waals surface area contributed by atoms with Gasteiger partial charge < -0.3 is 4.74 Å². The third-order valence-corrected chi connectivity index (χ3v) is 4.81. The van der Waals surface area contributed by atoms with Gasteiger partial charge in [0.05, 0.1) is 11.9 Å². The molecule has 4 heteroatoms. The van der Waals surface area contributed by atoms with E-state index >= 15 is 0 Å². The molecule has 0 aliphatic heterocycles. The van der Waals surface area contributed by atoms with Crippen LogP contribution in [0.15, 0.2) is 36.4 Å². The summed E-state index contributed by atoms with van der Waals surface area (Å²) in [5, 5.41) is 0. The molecule has 0 N–H and O–H groups in total. The Balaban J connectivity index is 2.49. The lowest BCUT2D eigenvalue weighted by molar-refractivity contribution is 0.410. The highest BCUT2D eigenvalue weighted by molar-refractivity contribution is 14.1. The van der Waals surface area contributed by atoms with Crippen LogP contribution in [0.25, 0.3) is 0 Å². The molecule has 0 heterocycles. The average Bonchev–Trinajstić information content (AvgIpc) is 2.38. The highest BCUT2D eigenvalue weighted by Crippen LogP contribution is 2.38. The van der Waals surface area contributed by atoms with Gasteiger partial charge in [-0.25, -0.2) is 4.39 Å². The van der Waals surface area contributed by atoms with Crippen LogP contribution in [0.4, 0.5) is 4.39 Å². The van der Waals surface area contributed by atoms with Gasteiger partial charge in [0, 0.05) is 9.13 Å². The monoisotopic (exact) mass is 434 g/mol. The number of benzene rings is 2. The number of hydrogen-bond donors (Lipinski definition) is 0. The van der Waals surface area contributed by atoms with Crippen LogP contribution in [0.1, 0.15) is 21.5 Å². The molecule has 0 amide bonds. The molecule has 0 fully saturated rings. The second-order valence-electron chi connectivity index (χ2n) is 4.27. The molecule has 0 radical (unpaired) electrons. The molecule has 0 aliphatic rings.